The molecular formula is C17H19N3O2. The average molecular weight is 297 g/mol. The molecular weight excluding hydrogens is 278 g/mol. The molecule has 0 amide bonds. The Bertz CT molecular complexity index is 731. The number of carbonyl (C=O) groups excluding carboxylic acids is 1. The quantitative estimate of drug-likeness (QED) is 0.876. The normalized spacial score (nSPS) is 20.4. The first-order chi connectivity index (χ1) is 10.7. The van der Waals surface area contributed by atoms with Crippen LogP contribution in [-0.2, 0) is 18.3 Å². The summed E-state index contributed by atoms with van der Waals surface area (Å²) in [7, 11) is 1.90. The first-order valence-corrected chi connectivity index (χ1v) is 7.35. The Kier molecular flexibility index (Phi) is 3.84. The van der Waals surface area contributed by atoms with Gasteiger partial charge in [0.15, 0.2) is 0 Å². The molecule has 1 aliphatic rings. The molecule has 0 saturated carbocycles. The van der Waals surface area contributed by atoms with Gasteiger partial charge in [0.05, 0.1) is 31.1 Å². The summed E-state index contributed by atoms with van der Waals surface area (Å²) in [5.74, 6) is 1.84. The molecule has 2 aromatic rings. The summed E-state index contributed by atoms with van der Waals surface area (Å²) in [5.41, 5.74) is 4.61. The second kappa shape index (κ2) is 5.79. The molecule has 0 spiro atoms. The zero-order valence-electron chi connectivity index (χ0n) is 12.7. The SMILES string of the molecule is C[C@H]1c2cccc(-c3cnn(C)c3)c2C[C@H](CO)N1C=C=O. The number of benzene rings is 1. The predicted molar refractivity (Wildman–Crippen MR) is 83.7 cm³/mol. The molecule has 22 heavy (non-hydrogen) atoms. The lowest BCUT2D eigenvalue weighted by Gasteiger charge is -2.40. The molecule has 114 valence electrons. The monoisotopic (exact) mass is 297 g/mol. The van der Waals surface area contributed by atoms with Crippen molar-refractivity contribution in [1.82, 2.24) is 14.7 Å². The van der Waals surface area contributed by atoms with E-state index in [4.69, 9.17) is 0 Å². The molecule has 3 rings (SSSR count). The highest BCUT2D eigenvalue weighted by atomic mass is 16.3. The van der Waals surface area contributed by atoms with E-state index in [1.54, 1.807) is 4.68 Å². The molecule has 2 heterocycles. The zero-order chi connectivity index (χ0) is 15.7. The molecule has 1 N–H and O–H groups in total. The molecule has 0 aliphatic carbocycles. The number of nitrogens with zero attached hydrogens (tertiary/aromatic N) is 3. The van der Waals surface area contributed by atoms with Crippen molar-refractivity contribution in [3.05, 3.63) is 47.9 Å². The van der Waals surface area contributed by atoms with Crippen LogP contribution in [0.25, 0.3) is 11.1 Å². The molecule has 0 saturated heterocycles. The van der Waals surface area contributed by atoms with E-state index >= 15 is 0 Å². The Labute approximate surface area is 129 Å². The number of aromatic nitrogens is 2. The molecule has 0 radical (unpaired) electrons. The summed E-state index contributed by atoms with van der Waals surface area (Å²) in [6, 6.07) is 6.11. The van der Waals surface area contributed by atoms with Crippen molar-refractivity contribution in [3.8, 4) is 11.1 Å². The van der Waals surface area contributed by atoms with Crippen LogP contribution in [0.15, 0.2) is 36.8 Å². The lowest BCUT2D eigenvalue weighted by atomic mass is 9.85. The van der Waals surface area contributed by atoms with Crippen LogP contribution in [0.1, 0.15) is 24.1 Å². The molecule has 1 aliphatic heterocycles. The Balaban J connectivity index is 2.12. The van der Waals surface area contributed by atoms with Crippen molar-refractivity contribution in [2.75, 3.05) is 6.61 Å². The lowest BCUT2D eigenvalue weighted by Crippen LogP contribution is -2.41. The standard InChI is InChI=1S/C17H19N3O2/c1-12-15-4-3-5-16(13-9-18-19(2)10-13)17(15)8-14(11-22)20(12)6-7-21/h3-6,9-10,12,14,22H,8,11H2,1-2H3/t12-,14+/m0/s1. The highest BCUT2D eigenvalue weighted by Crippen LogP contribution is 2.38. The maximum Gasteiger partial charge on any atom is 0.142 e. The van der Waals surface area contributed by atoms with Crippen LogP contribution in [0.2, 0.25) is 0 Å². The van der Waals surface area contributed by atoms with Crippen molar-refractivity contribution in [2.45, 2.75) is 25.4 Å². The van der Waals surface area contributed by atoms with Crippen LogP contribution in [0.3, 0.4) is 0 Å². The van der Waals surface area contributed by atoms with E-state index in [-0.39, 0.29) is 18.7 Å². The number of aliphatic hydroxyl groups excluding tert-OH is 1. The van der Waals surface area contributed by atoms with Crippen molar-refractivity contribution in [1.29, 1.82) is 0 Å². The fourth-order valence-corrected chi connectivity index (χ4v) is 3.31. The maximum atomic E-state index is 10.8. The first-order valence-electron chi connectivity index (χ1n) is 7.35. The van der Waals surface area contributed by atoms with Crippen LogP contribution in [0, 0.1) is 0 Å². The number of aliphatic hydroxyl groups is 1. The summed E-state index contributed by atoms with van der Waals surface area (Å²) in [4.78, 5) is 12.7. The van der Waals surface area contributed by atoms with Gasteiger partial charge >= 0.3 is 0 Å². The van der Waals surface area contributed by atoms with Gasteiger partial charge in [0.2, 0.25) is 0 Å². The molecule has 1 aromatic carbocycles. The van der Waals surface area contributed by atoms with Gasteiger partial charge in [-0.2, -0.15) is 5.10 Å². The van der Waals surface area contributed by atoms with Gasteiger partial charge in [0.25, 0.3) is 0 Å². The van der Waals surface area contributed by atoms with Gasteiger partial charge in [-0.15, -0.1) is 0 Å². The number of hydrogen-bond acceptors (Lipinski definition) is 4. The van der Waals surface area contributed by atoms with Crippen LogP contribution in [0.5, 0.6) is 0 Å². The van der Waals surface area contributed by atoms with Crippen molar-refractivity contribution in [3.63, 3.8) is 0 Å². The Hall–Kier alpha value is -2.36. The van der Waals surface area contributed by atoms with Gasteiger partial charge in [0, 0.05) is 18.8 Å². The number of hydrogen-bond donors (Lipinski definition) is 1. The van der Waals surface area contributed by atoms with Crippen LogP contribution >= 0.6 is 0 Å². The second-order valence-electron chi connectivity index (χ2n) is 5.69. The molecule has 5 heteroatoms. The largest absolute Gasteiger partial charge is 0.394 e. The fraction of sp³-hybridized carbons (Fsp3) is 0.353. The van der Waals surface area contributed by atoms with Gasteiger partial charge in [-0.3, -0.25) is 4.68 Å². The minimum Gasteiger partial charge on any atom is -0.394 e. The fourth-order valence-electron chi connectivity index (χ4n) is 3.31. The van der Waals surface area contributed by atoms with E-state index in [0.29, 0.717) is 6.42 Å². The van der Waals surface area contributed by atoms with Crippen molar-refractivity contribution < 1.29 is 9.90 Å². The third-order valence-electron chi connectivity index (χ3n) is 4.40. The number of aryl methyl sites for hydroxylation is 1. The van der Waals surface area contributed by atoms with Crippen LogP contribution in [-0.4, -0.2) is 38.4 Å². The third kappa shape index (κ3) is 2.34. The summed E-state index contributed by atoms with van der Waals surface area (Å²) in [5, 5.41) is 13.9. The number of rotatable bonds is 3. The smallest absolute Gasteiger partial charge is 0.142 e. The minimum absolute atomic E-state index is 0.00331. The number of fused-ring (bicyclic) bond motifs is 1. The third-order valence-corrected chi connectivity index (χ3v) is 4.40. The maximum absolute atomic E-state index is 10.8. The summed E-state index contributed by atoms with van der Waals surface area (Å²) >= 11 is 0. The van der Waals surface area contributed by atoms with Crippen molar-refractivity contribution >= 4 is 5.94 Å². The highest BCUT2D eigenvalue weighted by Gasteiger charge is 2.31. The highest BCUT2D eigenvalue weighted by molar-refractivity contribution is 5.68. The van der Waals surface area contributed by atoms with Gasteiger partial charge in [-0.05, 0) is 30.0 Å². The van der Waals surface area contributed by atoms with E-state index in [2.05, 4.69) is 17.2 Å². The Morgan fingerprint density at radius 3 is 2.95 bits per heavy atom. The van der Waals surface area contributed by atoms with E-state index in [0.717, 1.165) is 11.1 Å². The molecule has 2 atom stereocenters. The van der Waals surface area contributed by atoms with Gasteiger partial charge in [0.1, 0.15) is 5.94 Å². The molecule has 0 unspecified atom stereocenters. The second-order valence-corrected chi connectivity index (χ2v) is 5.69. The average Bonchev–Trinajstić information content (AvgIpc) is 2.95. The van der Waals surface area contributed by atoms with E-state index in [9.17, 15) is 9.90 Å². The predicted octanol–water partition coefficient (Wildman–Crippen LogP) is 1.71. The molecule has 1 aromatic heterocycles. The summed E-state index contributed by atoms with van der Waals surface area (Å²) < 4.78 is 1.78. The van der Waals surface area contributed by atoms with Gasteiger partial charge < -0.3 is 10.0 Å². The topological polar surface area (TPSA) is 58.4 Å². The molecule has 0 bridgehead atoms. The van der Waals surface area contributed by atoms with Gasteiger partial charge in [-0.25, -0.2) is 4.79 Å². The summed E-state index contributed by atoms with van der Waals surface area (Å²) in [6.07, 6.45) is 5.95. The van der Waals surface area contributed by atoms with Crippen LogP contribution in [0.4, 0.5) is 0 Å². The minimum atomic E-state index is -0.109. The zero-order valence-corrected chi connectivity index (χ0v) is 12.7. The summed E-state index contributed by atoms with van der Waals surface area (Å²) in [6.45, 7) is 2.05. The molecule has 0 fully saturated rings. The lowest BCUT2D eigenvalue weighted by molar-refractivity contribution is 0.124. The molecule has 5 nitrogen and oxygen atoms in total. The Morgan fingerprint density at radius 2 is 2.32 bits per heavy atom. The Morgan fingerprint density at radius 1 is 1.50 bits per heavy atom. The first kappa shape index (κ1) is 14.6. The van der Waals surface area contributed by atoms with E-state index in [1.165, 1.54) is 17.3 Å². The van der Waals surface area contributed by atoms with Crippen LogP contribution < -0.4 is 0 Å². The van der Waals surface area contributed by atoms with Gasteiger partial charge in [-0.1, -0.05) is 18.2 Å². The van der Waals surface area contributed by atoms with Crippen molar-refractivity contribution in [2.24, 2.45) is 7.05 Å². The van der Waals surface area contributed by atoms with E-state index < -0.39 is 0 Å². The van der Waals surface area contributed by atoms with E-state index in [1.807, 2.05) is 43.3 Å².